The Morgan fingerprint density at radius 3 is 2.50 bits per heavy atom. The first-order valence-electron chi connectivity index (χ1n) is 4.43. The summed E-state index contributed by atoms with van der Waals surface area (Å²) in [7, 11) is 0. The molecule has 0 saturated heterocycles. The zero-order valence-electron chi connectivity index (χ0n) is 8.63. The van der Waals surface area contributed by atoms with Crippen molar-refractivity contribution in [3.8, 4) is 5.75 Å². The minimum absolute atomic E-state index is 0.288. The van der Waals surface area contributed by atoms with Gasteiger partial charge in [-0.15, -0.1) is 0 Å². The summed E-state index contributed by atoms with van der Waals surface area (Å²) >= 11 is 0. The van der Waals surface area contributed by atoms with Gasteiger partial charge in [0.2, 0.25) is 0 Å². The lowest BCUT2D eigenvalue weighted by Gasteiger charge is -2.21. The van der Waals surface area contributed by atoms with Crippen molar-refractivity contribution in [2.24, 2.45) is 0 Å². The molecule has 0 aliphatic heterocycles. The molecule has 3 heteroatoms. The summed E-state index contributed by atoms with van der Waals surface area (Å²) in [5, 5.41) is 0. The summed E-state index contributed by atoms with van der Waals surface area (Å²) in [5.74, 6) is -0.0695. The summed E-state index contributed by atoms with van der Waals surface area (Å²) in [6.07, 6.45) is 0. The van der Waals surface area contributed by atoms with Gasteiger partial charge in [0.1, 0.15) is 11.4 Å². The number of nitrogens with one attached hydrogen (secondary N) is 1. The van der Waals surface area contributed by atoms with Crippen LogP contribution in [0.25, 0.3) is 0 Å². The van der Waals surface area contributed by atoms with Crippen molar-refractivity contribution in [1.29, 1.82) is 0 Å². The second-order valence-electron chi connectivity index (χ2n) is 4.07. The number of hydrogen-bond donors (Lipinski definition) is 0. The second-order valence-corrected chi connectivity index (χ2v) is 4.07. The molecule has 1 rings (SSSR count). The van der Waals surface area contributed by atoms with Gasteiger partial charge in [0, 0.05) is 5.56 Å². The van der Waals surface area contributed by atoms with Crippen LogP contribution in [0.4, 0.5) is 0 Å². The van der Waals surface area contributed by atoms with Crippen LogP contribution >= 0.6 is 0 Å². The summed E-state index contributed by atoms with van der Waals surface area (Å²) < 4.78 is 5.56. The van der Waals surface area contributed by atoms with Crippen LogP contribution in [0.1, 0.15) is 31.1 Å². The molecular formula is C11H14NO2. The van der Waals surface area contributed by atoms with Gasteiger partial charge in [-0.1, -0.05) is 6.07 Å². The van der Waals surface area contributed by atoms with E-state index in [0.29, 0.717) is 11.3 Å². The molecule has 1 aromatic rings. The molecule has 0 aliphatic carbocycles. The highest BCUT2D eigenvalue weighted by Crippen LogP contribution is 2.18. The van der Waals surface area contributed by atoms with Crippen LogP contribution in [0.3, 0.4) is 0 Å². The average molecular weight is 192 g/mol. The van der Waals surface area contributed by atoms with Gasteiger partial charge in [-0.25, -0.2) is 0 Å². The Labute approximate surface area is 83.9 Å². The van der Waals surface area contributed by atoms with E-state index in [1.165, 1.54) is 0 Å². The Kier molecular flexibility index (Phi) is 2.79. The summed E-state index contributed by atoms with van der Waals surface area (Å²) in [6.45, 7) is 5.80. The Morgan fingerprint density at radius 1 is 1.36 bits per heavy atom. The van der Waals surface area contributed by atoms with Gasteiger partial charge in [0.05, 0.1) is 0 Å². The molecule has 1 N–H and O–H groups in total. The molecule has 0 fully saturated rings. The van der Waals surface area contributed by atoms with Crippen LogP contribution < -0.4 is 10.5 Å². The molecule has 1 aromatic carbocycles. The van der Waals surface area contributed by atoms with Crippen LogP contribution in [0, 0.1) is 0 Å². The Morgan fingerprint density at radius 2 is 2.00 bits per heavy atom. The molecular weight excluding hydrogens is 178 g/mol. The zero-order chi connectivity index (χ0) is 10.8. The van der Waals surface area contributed by atoms with Crippen molar-refractivity contribution in [2.75, 3.05) is 0 Å². The summed E-state index contributed by atoms with van der Waals surface area (Å²) in [5.41, 5.74) is 7.02. The fraction of sp³-hybridized carbons (Fsp3) is 0.364. The van der Waals surface area contributed by atoms with Crippen molar-refractivity contribution in [2.45, 2.75) is 26.4 Å². The van der Waals surface area contributed by atoms with E-state index < -0.39 is 5.91 Å². The SMILES string of the molecule is CC(C)(C)Oc1cccc(C([NH])=O)c1. The van der Waals surface area contributed by atoms with E-state index in [-0.39, 0.29) is 5.60 Å². The molecule has 0 aliphatic rings. The van der Waals surface area contributed by atoms with E-state index in [4.69, 9.17) is 10.5 Å². The number of rotatable bonds is 2. The van der Waals surface area contributed by atoms with Gasteiger partial charge in [-0.05, 0) is 39.0 Å². The Bertz CT molecular complexity index is 339. The molecule has 0 unspecified atom stereocenters. The van der Waals surface area contributed by atoms with E-state index in [0.717, 1.165) is 0 Å². The van der Waals surface area contributed by atoms with E-state index >= 15 is 0 Å². The Balaban J connectivity index is 2.89. The lowest BCUT2D eigenvalue weighted by molar-refractivity contribution is 0.0988. The predicted molar refractivity (Wildman–Crippen MR) is 54.3 cm³/mol. The van der Waals surface area contributed by atoms with Crippen molar-refractivity contribution in [3.63, 3.8) is 0 Å². The fourth-order valence-corrected chi connectivity index (χ4v) is 1.05. The van der Waals surface area contributed by atoms with Gasteiger partial charge in [-0.3, -0.25) is 10.5 Å². The maximum Gasteiger partial charge on any atom is 0.269 e. The first kappa shape index (κ1) is 10.6. The van der Waals surface area contributed by atoms with E-state index in [1.807, 2.05) is 20.8 Å². The molecule has 0 atom stereocenters. The third kappa shape index (κ3) is 3.09. The number of amides is 1. The molecule has 0 saturated carbocycles. The number of carbonyl (C=O) groups excluding carboxylic acids is 1. The second kappa shape index (κ2) is 3.70. The highest BCUT2D eigenvalue weighted by molar-refractivity contribution is 5.92. The molecule has 14 heavy (non-hydrogen) atoms. The van der Waals surface area contributed by atoms with Crippen molar-refractivity contribution in [1.82, 2.24) is 5.73 Å². The van der Waals surface area contributed by atoms with Crippen molar-refractivity contribution >= 4 is 5.91 Å². The van der Waals surface area contributed by atoms with Crippen LogP contribution in [-0.4, -0.2) is 11.5 Å². The molecule has 75 valence electrons. The molecule has 0 bridgehead atoms. The standard InChI is InChI=1S/C11H14NO2/c1-11(2,3)14-9-6-4-5-8(7-9)10(12)13/h4-7,12H,1-3H3. The van der Waals surface area contributed by atoms with Gasteiger partial charge < -0.3 is 4.74 Å². The number of carbonyl (C=O) groups is 1. The molecule has 0 heterocycles. The molecule has 3 nitrogen and oxygen atoms in total. The molecule has 0 spiro atoms. The van der Waals surface area contributed by atoms with E-state index in [2.05, 4.69) is 0 Å². The lowest BCUT2D eigenvalue weighted by Crippen LogP contribution is -2.23. The number of ether oxygens (including phenoxy) is 1. The Hall–Kier alpha value is -1.51. The smallest absolute Gasteiger partial charge is 0.269 e. The average Bonchev–Trinajstić information content (AvgIpc) is 2.01. The molecule has 0 aromatic heterocycles. The van der Waals surface area contributed by atoms with Crippen molar-refractivity contribution < 1.29 is 9.53 Å². The quantitative estimate of drug-likeness (QED) is 0.721. The van der Waals surface area contributed by atoms with Crippen LogP contribution in [0.5, 0.6) is 5.75 Å². The third-order valence-corrected chi connectivity index (χ3v) is 1.52. The fourth-order valence-electron chi connectivity index (χ4n) is 1.05. The van der Waals surface area contributed by atoms with Gasteiger partial charge >= 0.3 is 0 Å². The third-order valence-electron chi connectivity index (χ3n) is 1.52. The van der Waals surface area contributed by atoms with Crippen LogP contribution in [0.2, 0.25) is 0 Å². The maximum atomic E-state index is 10.8. The van der Waals surface area contributed by atoms with Crippen molar-refractivity contribution in [3.05, 3.63) is 29.8 Å². The van der Waals surface area contributed by atoms with Gasteiger partial charge in [0.15, 0.2) is 0 Å². The first-order valence-corrected chi connectivity index (χ1v) is 4.43. The zero-order valence-corrected chi connectivity index (χ0v) is 8.63. The predicted octanol–water partition coefficient (Wildman–Crippen LogP) is 2.29. The van der Waals surface area contributed by atoms with E-state index in [1.54, 1.807) is 24.3 Å². The summed E-state index contributed by atoms with van der Waals surface area (Å²) in [4.78, 5) is 10.8. The normalized spacial score (nSPS) is 11.1. The topological polar surface area (TPSA) is 50.1 Å². The molecule has 1 amide bonds. The summed E-state index contributed by atoms with van der Waals surface area (Å²) in [6, 6.07) is 6.67. The number of benzene rings is 1. The van der Waals surface area contributed by atoms with E-state index in [9.17, 15) is 4.79 Å². The minimum atomic E-state index is -0.690. The van der Waals surface area contributed by atoms with Gasteiger partial charge in [-0.2, -0.15) is 0 Å². The van der Waals surface area contributed by atoms with Crippen LogP contribution in [0.15, 0.2) is 24.3 Å². The van der Waals surface area contributed by atoms with Crippen LogP contribution in [-0.2, 0) is 0 Å². The number of hydrogen-bond acceptors (Lipinski definition) is 2. The first-order chi connectivity index (χ1) is 6.38. The van der Waals surface area contributed by atoms with Gasteiger partial charge in [0.25, 0.3) is 5.91 Å². The maximum absolute atomic E-state index is 10.8. The largest absolute Gasteiger partial charge is 0.488 e. The highest BCUT2D eigenvalue weighted by Gasteiger charge is 2.12. The highest BCUT2D eigenvalue weighted by atomic mass is 16.5. The minimum Gasteiger partial charge on any atom is -0.488 e. The molecule has 1 radical (unpaired) electrons. The monoisotopic (exact) mass is 192 g/mol. The lowest BCUT2D eigenvalue weighted by atomic mass is 10.1.